The molecule has 1 aromatic carbocycles. The predicted octanol–water partition coefficient (Wildman–Crippen LogP) is 2.83. The second kappa shape index (κ2) is 7.23. The van der Waals surface area contributed by atoms with Gasteiger partial charge in [0.2, 0.25) is 10.0 Å². The monoisotopic (exact) mass is 362 g/mol. The van der Waals surface area contributed by atoms with Gasteiger partial charge in [0.15, 0.2) is 0 Å². The topological polar surface area (TPSA) is 58.6 Å². The number of hydrogen-bond donors (Lipinski definition) is 1. The van der Waals surface area contributed by atoms with Gasteiger partial charge in [-0.15, -0.1) is 0 Å². The van der Waals surface area contributed by atoms with E-state index in [9.17, 15) is 17.2 Å². The standard InChI is InChI=1S/C16H24F2N2O3S/c1-16(2,3)11-24(21,22)19-12-8-9-20(10-12)13-6-4-5-7-14(13)23-15(17)18/h4-7,12,15,19H,8-11H2,1-3H3. The minimum absolute atomic E-state index is 0.0432. The summed E-state index contributed by atoms with van der Waals surface area (Å²) in [6, 6.07) is 6.31. The Morgan fingerprint density at radius 2 is 2.00 bits per heavy atom. The molecular weight excluding hydrogens is 338 g/mol. The number of benzene rings is 1. The van der Waals surface area contributed by atoms with Crippen LogP contribution < -0.4 is 14.4 Å². The molecule has 0 bridgehead atoms. The van der Waals surface area contributed by atoms with E-state index in [-0.39, 0.29) is 23.0 Å². The molecule has 0 amide bonds. The Bertz CT molecular complexity index is 660. The van der Waals surface area contributed by atoms with Crippen LogP contribution in [-0.2, 0) is 10.0 Å². The maximum atomic E-state index is 12.5. The van der Waals surface area contributed by atoms with E-state index in [4.69, 9.17) is 0 Å². The summed E-state index contributed by atoms with van der Waals surface area (Å²) in [4.78, 5) is 1.86. The molecule has 0 aliphatic carbocycles. The fourth-order valence-corrected chi connectivity index (χ4v) is 4.78. The van der Waals surface area contributed by atoms with Gasteiger partial charge >= 0.3 is 6.61 Å². The maximum Gasteiger partial charge on any atom is 0.387 e. The summed E-state index contributed by atoms with van der Waals surface area (Å²) >= 11 is 0. The van der Waals surface area contributed by atoms with E-state index >= 15 is 0 Å². The second-order valence-corrected chi connectivity index (χ2v) is 8.97. The number of ether oxygens (including phenoxy) is 1. The van der Waals surface area contributed by atoms with Crippen molar-refractivity contribution in [3.05, 3.63) is 24.3 Å². The SMILES string of the molecule is CC(C)(C)CS(=O)(=O)NC1CCN(c2ccccc2OC(F)F)C1. The number of rotatable bonds is 6. The lowest BCUT2D eigenvalue weighted by atomic mass is 10.0. The minimum Gasteiger partial charge on any atom is -0.433 e. The fraction of sp³-hybridized carbons (Fsp3) is 0.625. The normalized spacial score (nSPS) is 19.1. The molecule has 1 fully saturated rings. The van der Waals surface area contributed by atoms with Crippen molar-refractivity contribution in [2.75, 3.05) is 23.7 Å². The van der Waals surface area contributed by atoms with Crippen LogP contribution in [0, 0.1) is 5.41 Å². The van der Waals surface area contributed by atoms with Crippen molar-refractivity contribution >= 4 is 15.7 Å². The van der Waals surface area contributed by atoms with Crippen LogP contribution in [-0.4, -0.2) is 39.9 Å². The van der Waals surface area contributed by atoms with Crippen molar-refractivity contribution in [2.45, 2.75) is 39.8 Å². The summed E-state index contributed by atoms with van der Waals surface area (Å²) in [6.07, 6.45) is 0.617. The highest BCUT2D eigenvalue weighted by molar-refractivity contribution is 7.89. The third-order valence-electron chi connectivity index (χ3n) is 3.58. The number of alkyl halides is 2. The Labute approximate surface area is 142 Å². The van der Waals surface area contributed by atoms with Crippen molar-refractivity contribution < 1.29 is 21.9 Å². The predicted molar refractivity (Wildman–Crippen MR) is 90.1 cm³/mol. The molecule has 1 aliphatic rings. The zero-order valence-electron chi connectivity index (χ0n) is 14.1. The van der Waals surface area contributed by atoms with Crippen LogP contribution in [0.25, 0.3) is 0 Å². The third kappa shape index (κ3) is 5.59. The molecule has 24 heavy (non-hydrogen) atoms. The van der Waals surface area contributed by atoms with Crippen LogP contribution in [0.4, 0.5) is 14.5 Å². The molecule has 0 radical (unpaired) electrons. The molecule has 1 atom stereocenters. The molecule has 2 rings (SSSR count). The number of hydrogen-bond acceptors (Lipinski definition) is 4. The maximum absolute atomic E-state index is 12.5. The van der Waals surface area contributed by atoms with E-state index < -0.39 is 16.6 Å². The number of halogens is 2. The van der Waals surface area contributed by atoms with Crippen LogP contribution in [0.15, 0.2) is 24.3 Å². The second-order valence-electron chi connectivity index (χ2n) is 7.22. The molecular formula is C16H24F2N2O3S. The van der Waals surface area contributed by atoms with Crippen molar-refractivity contribution in [3.63, 3.8) is 0 Å². The van der Waals surface area contributed by atoms with Crippen LogP contribution in [0.3, 0.4) is 0 Å². The zero-order chi connectivity index (χ0) is 18.0. The molecule has 1 saturated heterocycles. The van der Waals surface area contributed by atoms with Crippen molar-refractivity contribution in [2.24, 2.45) is 5.41 Å². The quantitative estimate of drug-likeness (QED) is 0.845. The zero-order valence-corrected chi connectivity index (χ0v) is 14.9. The van der Waals surface area contributed by atoms with E-state index in [0.29, 0.717) is 25.2 Å². The van der Waals surface area contributed by atoms with Crippen molar-refractivity contribution in [1.29, 1.82) is 0 Å². The lowest BCUT2D eigenvalue weighted by Gasteiger charge is -2.23. The summed E-state index contributed by atoms with van der Waals surface area (Å²) in [5.41, 5.74) is 0.220. The number of nitrogens with one attached hydrogen (secondary N) is 1. The Morgan fingerprint density at radius 3 is 2.62 bits per heavy atom. The van der Waals surface area contributed by atoms with Crippen LogP contribution in [0.2, 0.25) is 0 Å². The lowest BCUT2D eigenvalue weighted by molar-refractivity contribution is -0.0495. The Morgan fingerprint density at radius 1 is 1.33 bits per heavy atom. The smallest absolute Gasteiger partial charge is 0.387 e. The number of nitrogens with zero attached hydrogens (tertiary/aromatic N) is 1. The van der Waals surface area contributed by atoms with Crippen LogP contribution in [0.5, 0.6) is 5.75 Å². The summed E-state index contributed by atoms with van der Waals surface area (Å²) in [5.74, 6) is 0.146. The van der Waals surface area contributed by atoms with E-state index in [2.05, 4.69) is 9.46 Å². The largest absolute Gasteiger partial charge is 0.433 e. The average Bonchev–Trinajstić information content (AvgIpc) is 2.83. The Kier molecular flexibility index (Phi) is 5.70. The fourth-order valence-electron chi connectivity index (χ4n) is 2.85. The van der Waals surface area contributed by atoms with Crippen LogP contribution in [0.1, 0.15) is 27.2 Å². The highest BCUT2D eigenvalue weighted by Gasteiger charge is 2.30. The van der Waals surface area contributed by atoms with Crippen LogP contribution >= 0.6 is 0 Å². The van der Waals surface area contributed by atoms with E-state index in [0.717, 1.165) is 0 Å². The van der Waals surface area contributed by atoms with Gasteiger partial charge in [-0.25, -0.2) is 13.1 Å². The summed E-state index contributed by atoms with van der Waals surface area (Å²) in [7, 11) is -3.39. The van der Waals surface area contributed by atoms with Gasteiger partial charge in [0.25, 0.3) is 0 Å². The first-order chi connectivity index (χ1) is 11.1. The molecule has 5 nitrogen and oxygen atoms in total. The molecule has 0 aromatic heterocycles. The molecule has 1 heterocycles. The molecule has 1 aliphatic heterocycles. The summed E-state index contributed by atoms with van der Waals surface area (Å²) in [6.45, 7) is 3.70. The van der Waals surface area contributed by atoms with E-state index in [1.807, 2.05) is 25.7 Å². The van der Waals surface area contributed by atoms with Gasteiger partial charge in [-0.05, 0) is 24.0 Å². The summed E-state index contributed by atoms with van der Waals surface area (Å²) < 4.78 is 56.7. The molecule has 0 spiro atoms. The number of anilines is 1. The number of sulfonamides is 1. The summed E-state index contributed by atoms with van der Waals surface area (Å²) in [5, 5.41) is 0. The van der Waals surface area contributed by atoms with Gasteiger partial charge in [-0.3, -0.25) is 0 Å². The molecule has 8 heteroatoms. The highest BCUT2D eigenvalue weighted by Crippen LogP contribution is 2.32. The highest BCUT2D eigenvalue weighted by atomic mass is 32.2. The van der Waals surface area contributed by atoms with E-state index in [1.54, 1.807) is 18.2 Å². The first kappa shape index (κ1) is 18.9. The van der Waals surface area contributed by atoms with Crippen molar-refractivity contribution in [1.82, 2.24) is 4.72 Å². The van der Waals surface area contributed by atoms with Gasteiger partial charge in [0.05, 0.1) is 11.4 Å². The van der Waals surface area contributed by atoms with Gasteiger partial charge in [0, 0.05) is 19.1 Å². The Hall–Kier alpha value is -1.41. The van der Waals surface area contributed by atoms with E-state index in [1.165, 1.54) is 6.07 Å². The first-order valence-corrected chi connectivity index (χ1v) is 9.50. The van der Waals surface area contributed by atoms with Crippen molar-refractivity contribution in [3.8, 4) is 5.75 Å². The van der Waals surface area contributed by atoms with Gasteiger partial charge in [-0.1, -0.05) is 32.9 Å². The molecule has 0 saturated carbocycles. The Balaban J connectivity index is 2.04. The lowest BCUT2D eigenvalue weighted by Crippen LogP contribution is -2.40. The minimum atomic E-state index is -3.39. The molecule has 1 N–H and O–H groups in total. The molecule has 1 unspecified atom stereocenters. The molecule has 136 valence electrons. The van der Waals surface area contributed by atoms with Gasteiger partial charge in [-0.2, -0.15) is 8.78 Å². The van der Waals surface area contributed by atoms with Gasteiger partial charge in [0.1, 0.15) is 5.75 Å². The third-order valence-corrected chi connectivity index (χ3v) is 5.52. The first-order valence-electron chi connectivity index (χ1n) is 7.84. The molecule has 1 aromatic rings. The number of para-hydroxylation sites is 2. The average molecular weight is 362 g/mol. The van der Waals surface area contributed by atoms with Gasteiger partial charge < -0.3 is 9.64 Å².